The van der Waals surface area contributed by atoms with Gasteiger partial charge in [-0.1, -0.05) is 6.42 Å². The van der Waals surface area contributed by atoms with Crippen LogP contribution in [0.4, 0.5) is 11.5 Å². The Bertz CT molecular complexity index is 450. The standard InChI is InChI=1S/C12H17N3O3/c1-8-5-6-11(15(17)18)12(13-8)14-10-4-2-3-9(10)7-16/h5-6,9-10,16H,2-4,7H2,1H3,(H,13,14). The SMILES string of the molecule is Cc1ccc([N+](=O)[O-])c(NC2CCCC2CO)n1. The predicted molar refractivity (Wildman–Crippen MR) is 67.5 cm³/mol. The molecular weight excluding hydrogens is 234 g/mol. The number of pyridine rings is 1. The first-order chi connectivity index (χ1) is 8.61. The molecule has 0 aromatic carbocycles. The third-order valence-electron chi connectivity index (χ3n) is 3.43. The van der Waals surface area contributed by atoms with E-state index in [0.29, 0.717) is 5.82 Å². The summed E-state index contributed by atoms with van der Waals surface area (Å²) < 4.78 is 0. The summed E-state index contributed by atoms with van der Waals surface area (Å²) in [4.78, 5) is 14.7. The normalized spacial score (nSPS) is 23.0. The summed E-state index contributed by atoms with van der Waals surface area (Å²) in [5.41, 5.74) is 0.728. The fourth-order valence-corrected chi connectivity index (χ4v) is 2.42. The Morgan fingerprint density at radius 2 is 2.33 bits per heavy atom. The highest BCUT2D eigenvalue weighted by Gasteiger charge is 2.28. The van der Waals surface area contributed by atoms with E-state index in [0.717, 1.165) is 25.0 Å². The van der Waals surface area contributed by atoms with Crippen LogP contribution >= 0.6 is 0 Å². The van der Waals surface area contributed by atoms with Gasteiger partial charge >= 0.3 is 5.69 Å². The van der Waals surface area contributed by atoms with E-state index in [1.807, 2.05) is 0 Å². The van der Waals surface area contributed by atoms with Crippen LogP contribution in [0.25, 0.3) is 0 Å². The highest BCUT2D eigenvalue weighted by Crippen LogP contribution is 2.30. The van der Waals surface area contributed by atoms with E-state index >= 15 is 0 Å². The van der Waals surface area contributed by atoms with E-state index in [1.54, 1.807) is 13.0 Å². The van der Waals surface area contributed by atoms with E-state index < -0.39 is 4.92 Å². The molecule has 0 aliphatic heterocycles. The molecule has 18 heavy (non-hydrogen) atoms. The van der Waals surface area contributed by atoms with Crippen LogP contribution in [0.3, 0.4) is 0 Å². The van der Waals surface area contributed by atoms with Crippen molar-refractivity contribution in [3.05, 3.63) is 27.9 Å². The fourth-order valence-electron chi connectivity index (χ4n) is 2.42. The maximum Gasteiger partial charge on any atom is 0.311 e. The van der Waals surface area contributed by atoms with Gasteiger partial charge < -0.3 is 10.4 Å². The average Bonchev–Trinajstić information content (AvgIpc) is 2.76. The Labute approximate surface area is 105 Å². The summed E-state index contributed by atoms with van der Waals surface area (Å²) in [6, 6.07) is 3.16. The lowest BCUT2D eigenvalue weighted by Crippen LogP contribution is -2.27. The first kappa shape index (κ1) is 12.8. The van der Waals surface area contributed by atoms with Crippen molar-refractivity contribution in [1.29, 1.82) is 0 Å². The Morgan fingerprint density at radius 3 is 3.00 bits per heavy atom. The Hall–Kier alpha value is -1.69. The van der Waals surface area contributed by atoms with Crippen LogP contribution in [-0.2, 0) is 0 Å². The zero-order valence-corrected chi connectivity index (χ0v) is 10.3. The van der Waals surface area contributed by atoms with Crippen molar-refractivity contribution in [3.8, 4) is 0 Å². The summed E-state index contributed by atoms with van der Waals surface area (Å²) in [5.74, 6) is 0.470. The maximum absolute atomic E-state index is 10.9. The zero-order chi connectivity index (χ0) is 13.1. The lowest BCUT2D eigenvalue weighted by atomic mass is 10.1. The van der Waals surface area contributed by atoms with Gasteiger partial charge in [0.2, 0.25) is 5.82 Å². The highest BCUT2D eigenvalue weighted by molar-refractivity contribution is 5.56. The van der Waals surface area contributed by atoms with Crippen molar-refractivity contribution in [2.45, 2.75) is 32.2 Å². The van der Waals surface area contributed by atoms with Gasteiger partial charge in [-0.2, -0.15) is 0 Å². The molecule has 1 aromatic rings. The monoisotopic (exact) mass is 251 g/mol. The van der Waals surface area contributed by atoms with E-state index in [4.69, 9.17) is 0 Å². The van der Waals surface area contributed by atoms with Crippen LogP contribution in [0, 0.1) is 23.0 Å². The van der Waals surface area contributed by atoms with Gasteiger partial charge in [-0.05, 0) is 25.8 Å². The number of nitrogens with zero attached hydrogens (tertiary/aromatic N) is 2. The molecule has 1 saturated carbocycles. The first-order valence-electron chi connectivity index (χ1n) is 6.11. The molecule has 1 aliphatic carbocycles. The van der Waals surface area contributed by atoms with Gasteiger partial charge in [-0.25, -0.2) is 4.98 Å². The number of nitrogens with one attached hydrogen (secondary N) is 1. The lowest BCUT2D eigenvalue weighted by molar-refractivity contribution is -0.384. The summed E-state index contributed by atoms with van der Waals surface area (Å²) in [6.07, 6.45) is 2.90. The molecule has 0 amide bonds. The van der Waals surface area contributed by atoms with Crippen LogP contribution in [0.15, 0.2) is 12.1 Å². The summed E-state index contributed by atoms with van der Waals surface area (Å²) in [5, 5.41) is 23.3. The molecule has 0 bridgehead atoms. The number of aliphatic hydroxyl groups is 1. The molecule has 2 rings (SSSR count). The molecule has 0 spiro atoms. The molecule has 0 radical (unpaired) electrons. The van der Waals surface area contributed by atoms with E-state index in [2.05, 4.69) is 10.3 Å². The smallest absolute Gasteiger partial charge is 0.311 e. The van der Waals surface area contributed by atoms with E-state index in [9.17, 15) is 15.2 Å². The van der Waals surface area contributed by atoms with Gasteiger partial charge in [-0.3, -0.25) is 10.1 Å². The predicted octanol–water partition coefficient (Wildman–Crippen LogP) is 1.87. The second-order valence-electron chi connectivity index (χ2n) is 4.70. The van der Waals surface area contributed by atoms with Crippen LogP contribution in [0.1, 0.15) is 25.0 Å². The summed E-state index contributed by atoms with van der Waals surface area (Å²) >= 11 is 0. The molecule has 1 aliphatic rings. The molecule has 2 atom stereocenters. The van der Waals surface area contributed by atoms with Gasteiger partial charge in [0.25, 0.3) is 0 Å². The molecule has 6 nitrogen and oxygen atoms in total. The number of anilines is 1. The topological polar surface area (TPSA) is 88.3 Å². The van der Waals surface area contributed by atoms with Crippen molar-refractivity contribution in [3.63, 3.8) is 0 Å². The van der Waals surface area contributed by atoms with Gasteiger partial charge in [0.05, 0.1) is 4.92 Å². The van der Waals surface area contributed by atoms with Crippen molar-refractivity contribution in [1.82, 2.24) is 4.98 Å². The van der Waals surface area contributed by atoms with Crippen LogP contribution in [0.5, 0.6) is 0 Å². The number of rotatable bonds is 4. The number of aromatic nitrogens is 1. The van der Waals surface area contributed by atoms with Gasteiger partial charge in [0, 0.05) is 30.3 Å². The minimum absolute atomic E-state index is 0.0100. The van der Waals surface area contributed by atoms with Gasteiger partial charge in [0.1, 0.15) is 0 Å². The van der Waals surface area contributed by atoms with Crippen molar-refractivity contribution < 1.29 is 10.0 Å². The average molecular weight is 251 g/mol. The Balaban J connectivity index is 2.22. The molecule has 1 heterocycles. The van der Waals surface area contributed by atoms with Crippen LogP contribution in [-0.4, -0.2) is 27.7 Å². The summed E-state index contributed by atoms with van der Waals surface area (Å²) in [7, 11) is 0. The highest BCUT2D eigenvalue weighted by atomic mass is 16.6. The molecule has 6 heteroatoms. The largest absolute Gasteiger partial charge is 0.396 e. The molecule has 2 N–H and O–H groups in total. The van der Waals surface area contributed by atoms with Crippen molar-refractivity contribution in [2.75, 3.05) is 11.9 Å². The fraction of sp³-hybridized carbons (Fsp3) is 0.583. The Morgan fingerprint density at radius 1 is 1.56 bits per heavy atom. The van der Waals surface area contributed by atoms with Crippen molar-refractivity contribution in [2.24, 2.45) is 5.92 Å². The number of hydrogen-bond donors (Lipinski definition) is 2. The van der Waals surface area contributed by atoms with Crippen LogP contribution in [0.2, 0.25) is 0 Å². The van der Waals surface area contributed by atoms with Gasteiger partial charge in [-0.15, -0.1) is 0 Å². The quantitative estimate of drug-likeness (QED) is 0.630. The number of aryl methyl sites for hydroxylation is 1. The van der Waals surface area contributed by atoms with E-state index in [-0.39, 0.29) is 24.3 Å². The molecule has 1 fully saturated rings. The van der Waals surface area contributed by atoms with Gasteiger partial charge in [0.15, 0.2) is 0 Å². The maximum atomic E-state index is 10.9. The molecule has 2 unspecified atom stereocenters. The van der Waals surface area contributed by atoms with E-state index in [1.165, 1.54) is 6.07 Å². The zero-order valence-electron chi connectivity index (χ0n) is 10.3. The Kier molecular flexibility index (Phi) is 3.76. The lowest BCUT2D eigenvalue weighted by Gasteiger charge is -2.19. The minimum Gasteiger partial charge on any atom is -0.396 e. The number of nitro groups is 1. The van der Waals surface area contributed by atoms with Crippen molar-refractivity contribution >= 4 is 11.5 Å². The van der Waals surface area contributed by atoms with Crippen LogP contribution < -0.4 is 5.32 Å². The molecule has 98 valence electrons. The number of hydrogen-bond acceptors (Lipinski definition) is 5. The molecular formula is C12H17N3O3. The second-order valence-corrected chi connectivity index (χ2v) is 4.70. The minimum atomic E-state index is -0.433. The molecule has 1 aromatic heterocycles. The third kappa shape index (κ3) is 2.59. The summed E-state index contributed by atoms with van der Waals surface area (Å²) in [6.45, 7) is 1.91. The first-order valence-corrected chi connectivity index (χ1v) is 6.11. The second kappa shape index (κ2) is 5.30. The number of aliphatic hydroxyl groups excluding tert-OH is 1. The third-order valence-corrected chi connectivity index (χ3v) is 3.43. The molecule has 0 saturated heterocycles.